The van der Waals surface area contributed by atoms with Gasteiger partial charge >= 0.3 is 60.8 Å². The maximum atomic E-state index is 12.2. The van der Waals surface area contributed by atoms with E-state index in [2.05, 4.69) is 6.92 Å². The van der Waals surface area contributed by atoms with E-state index in [9.17, 15) is 115 Å². The Hall–Kier alpha value is 1.08. The van der Waals surface area contributed by atoms with Crippen LogP contribution in [-0.4, -0.2) is 148 Å². The molecule has 0 bridgehead atoms. The first-order valence-electron chi connectivity index (χ1n) is 17.0. The van der Waals surface area contributed by atoms with Crippen LogP contribution in [0, 0.1) is 0 Å². The Bertz CT molecular complexity index is 1330. The van der Waals surface area contributed by atoms with Gasteiger partial charge in [0.2, 0.25) is 22.1 Å². The minimum atomic E-state index is -6.15. The maximum absolute atomic E-state index is 12.2. The second-order valence-corrected chi connectivity index (χ2v) is 28.3. The van der Waals surface area contributed by atoms with Crippen molar-refractivity contribution in [2.45, 2.75) is 106 Å². The zero-order valence-electron chi connectivity index (χ0n) is 30.7. The van der Waals surface area contributed by atoms with Crippen LogP contribution in [0.4, 0.5) is 0 Å². The van der Waals surface area contributed by atoms with E-state index in [0.717, 1.165) is 44.9 Å². The molecule has 0 spiro atoms. The number of hydrogen-bond donors (Lipinski definition) is 16. The second-order valence-electron chi connectivity index (χ2n) is 13.3. The highest BCUT2D eigenvalue weighted by Crippen LogP contribution is 2.70. The number of hydrogen-bond acceptors (Lipinski definition) is 11. The molecule has 57 heavy (non-hydrogen) atoms. The summed E-state index contributed by atoms with van der Waals surface area (Å²) in [5, 5.41) is 0. The van der Waals surface area contributed by atoms with Gasteiger partial charge in [-0.1, -0.05) is 64.7 Å². The van der Waals surface area contributed by atoms with Gasteiger partial charge in [0.15, 0.2) is 0 Å². The Labute approximate surface area is 328 Å². The Balaban J connectivity index is 6.71. The zero-order valence-corrected chi connectivity index (χ0v) is 37.8. The summed E-state index contributed by atoms with van der Waals surface area (Å²) in [5.41, 5.74) is -13.9. The van der Waals surface area contributed by atoms with Crippen molar-refractivity contribution in [1.29, 1.82) is 0 Å². The molecule has 27 nitrogen and oxygen atoms in total. The summed E-state index contributed by atoms with van der Waals surface area (Å²) in [4.78, 5) is 157. The summed E-state index contributed by atoms with van der Waals surface area (Å²) in [6, 6.07) is 0. The lowest BCUT2D eigenvalue weighted by molar-refractivity contribution is 0.176. The standard InChI is InChI=1S/C22H57N3O24P8/c1-2-3-4-5-6-7-8-9-10-11-14-23(15-12-17-24(19(50(26,27)28)51(29,30)31)20(52(32,33)34)53(35,36)37)16-13-18-25(21(54(38,39)40)55(41,42)43)22(56(44,45)46)57(47,48)49/h19-22H,2-18H2,1H3,(H2,26,27,28)(H2,29,30,31)(H2,32,33,34)(H2,35,36,37)(H2,38,39,40)(H2,41,42,43)(H2,44,45,46)(H2,47,48,49). The van der Waals surface area contributed by atoms with E-state index in [1.54, 1.807) is 0 Å². The van der Waals surface area contributed by atoms with Crippen molar-refractivity contribution in [2.75, 3.05) is 32.7 Å². The Morgan fingerprint density at radius 2 is 0.491 bits per heavy atom. The summed E-state index contributed by atoms with van der Waals surface area (Å²) in [5.74, 6) is 0. The highest BCUT2D eigenvalue weighted by Gasteiger charge is 2.59. The Morgan fingerprint density at radius 1 is 0.298 bits per heavy atom. The van der Waals surface area contributed by atoms with Gasteiger partial charge in [-0.15, -0.1) is 0 Å². The average molecular weight is 995 g/mol. The summed E-state index contributed by atoms with van der Waals surface area (Å²) in [6.07, 6.45) is 7.34. The largest absolute Gasteiger partial charge is 0.355 e. The molecule has 0 aromatic heterocycles. The maximum Gasteiger partial charge on any atom is 0.355 e. The van der Waals surface area contributed by atoms with E-state index < -0.39 is 132 Å². The molecule has 0 heterocycles. The molecule has 344 valence electrons. The van der Waals surface area contributed by atoms with Gasteiger partial charge in [-0.3, -0.25) is 46.3 Å². The average Bonchev–Trinajstić information content (AvgIpc) is 2.91. The molecule has 35 heteroatoms. The van der Waals surface area contributed by atoms with E-state index in [1.807, 2.05) is 0 Å². The van der Waals surface area contributed by atoms with E-state index in [-0.39, 0.29) is 6.54 Å². The van der Waals surface area contributed by atoms with Crippen molar-refractivity contribution in [3.8, 4) is 0 Å². The molecule has 0 rings (SSSR count). The van der Waals surface area contributed by atoms with Crippen molar-refractivity contribution in [1.82, 2.24) is 14.7 Å². The lowest BCUT2D eigenvalue weighted by Gasteiger charge is -2.38. The summed E-state index contributed by atoms with van der Waals surface area (Å²) in [7, 11) is -49.2. The van der Waals surface area contributed by atoms with Crippen molar-refractivity contribution in [3.05, 3.63) is 0 Å². The van der Waals surface area contributed by atoms with Gasteiger partial charge in [-0.05, 0) is 38.9 Å². The fourth-order valence-electron chi connectivity index (χ4n) is 6.14. The lowest BCUT2D eigenvalue weighted by Crippen LogP contribution is -2.45. The van der Waals surface area contributed by atoms with Crippen LogP contribution in [0.3, 0.4) is 0 Å². The third-order valence-electron chi connectivity index (χ3n) is 8.20. The second kappa shape index (κ2) is 23.7. The number of unbranched alkanes of at least 4 members (excludes halogenated alkanes) is 9. The molecular formula is C22H57N3O24P8. The van der Waals surface area contributed by atoms with Gasteiger partial charge in [0.05, 0.1) is 0 Å². The van der Waals surface area contributed by atoms with Gasteiger partial charge in [0.1, 0.15) is 0 Å². The van der Waals surface area contributed by atoms with Crippen molar-refractivity contribution in [2.24, 2.45) is 0 Å². The highest BCUT2D eigenvalue weighted by molar-refractivity contribution is 7.73. The predicted octanol–water partition coefficient (Wildman–Crippen LogP) is 1.15. The molecule has 0 atom stereocenters. The fraction of sp³-hybridized carbons (Fsp3) is 1.00. The summed E-state index contributed by atoms with van der Waals surface area (Å²) in [6.45, 7) is -1.23. The van der Waals surface area contributed by atoms with Gasteiger partial charge < -0.3 is 83.2 Å². The molecule has 0 saturated carbocycles. The monoisotopic (exact) mass is 995 g/mol. The summed E-state index contributed by atoms with van der Waals surface area (Å²) < 4.78 is 97.6. The van der Waals surface area contributed by atoms with Crippen LogP contribution in [-0.2, 0) is 36.5 Å². The van der Waals surface area contributed by atoms with Crippen LogP contribution in [0.1, 0.15) is 84.0 Å². The van der Waals surface area contributed by atoms with Crippen molar-refractivity contribution < 1.29 is 115 Å². The highest BCUT2D eigenvalue weighted by atomic mass is 31.3. The number of nitrogens with zero attached hydrogens (tertiary/aromatic N) is 3. The molecule has 0 fully saturated rings. The van der Waals surface area contributed by atoms with Crippen LogP contribution < -0.4 is 0 Å². The molecule has 0 aliphatic heterocycles. The van der Waals surface area contributed by atoms with E-state index >= 15 is 0 Å². The van der Waals surface area contributed by atoms with Gasteiger partial charge in [0.25, 0.3) is 0 Å². The first-order valence-corrected chi connectivity index (χ1v) is 30.5. The van der Waals surface area contributed by atoms with Gasteiger partial charge in [-0.25, -0.2) is 0 Å². The normalized spacial score (nSPS) is 14.8. The lowest BCUT2D eigenvalue weighted by atomic mass is 10.1. The van der Waals surface area contributed by atoms with Gasteiger partial charge in [0, 0.05) is 13.1 Å². The third kappa shape index (κ3) is 21.8. The van der Waals surface area contributed by atoms with E-state index in [0.29, 0.717) is 19.3 Å². The third-order valence-corrected chi connectivity index (χ3v) is 22.6. The molecule has 0 aliphatic rings. The Kier molecular flexibility index (Phi) is 24.1. The fourth-order valence-corrected chi connectivity index (χ4v) is 18.3. The SMILES string of the molecule is CCCCCCCCCCCCN(CCCN(C(P(=O)(O)O)P(=O)(O)O)C(P(=O)(O)O)P(=O)(O)O)CCCN(C(P(=O)(O)O)P(=O)(O)O)C(P(=O)(O)O)P(=O)(O)O. The van der Waals surface area contributed by atoms with E-state index in [1.165, 1.54) is 4.90 Å². The molecule has 0 unspecified atom stereocenters. The van der Waals surface area contributed by atoms with Gasteiger partial charge in [-0.2, -0.15) is 0 Å². The first-order chi connectivity index (χ1) is 25.4. The molecule has 16 N–H and O–H groups in total. The topological polar surface area (TPSA) is 470 Å². The van der Waals surface area contributed by atoms with Crippen LogP contribution in [0.25, 0.3) is 0 Å². The molecular weight excluding hydrogens is 938 g/mol. The molecule has 0 aliphatic carbocycles. The Morgan fingerprint density at radius 3 is 0.702 bits per heavy atom. The van der Waals surface area contributed by atoms with E-state index in [4.69, 9.17) is 0 Å². The van der Waals surface area contributed by atoms with Crippen LogP contribution in [0.5, 0.6) is 0 Å². The smallest absolute Gasteiger partial charge is 0.323 e. The zero-order chi connectivity index (χ0) is 45.1. The van der Waals surface area contributed by atoms with Crippen LogP contribution in [0.15, 0.2) is 0 Å². The summed E-state index contributed by atoms with van der Waals surface area (Å²) >= 11 is 0. The molecule has 0 amide bonds. The molecule has 0 aromatic carbocycles. The minimum Gasteiger partial charge on any atom is -0.323 e. The number of rotatable bonds is 31. The van der Waals surface area contributed by atoms with Crippen molar-refractivity contribution in [3.63, 3.8) is 0 Å². The first kappa shape index (κ1) is 58.1. The predicted molar refractivity (Wildman–Crippen MR) is 202 cm³/mol. The molecule has 0 aromatic rings. The quantitative estimate of drug-likeness (QED) is 0.0342. The van der Waals surface area contributed by atoms with Crippen LogP contribution >= 0.6 is 60.8 Å². The molecule has 0 saturated heterocycles. The van der Waals surface area contributed by atoms with Crippen LogP contribution in [0.2, 0.25) is 0 Å². The van der Waals surface area contributed by atoms with Crippen molar-refractivity contribution >= 4 is 60.8 Å². The molecule has 0 radical (unpaired) electrons. The minimum absolute atomic E-state index is 0.0121.